The third kappa shape index (κ3) is 4.07. The summed E-state index contributed by atoms with van der Waals surface area (Å²) < 4.78 is 1.94. The minimum atomic E-state index is 0.00771. The average molecular weight is 304 g/mol. The van der Waals surface area contributed by atoms with Gasteiger partial charge in [-0.1, -0.05) is 36.9 Å². The number of carbonyl (C=O) groups is 1. The van der Waals surface area contributed by atoms with Crippen molar-refractivity contribution in [1.82, 2.24) is 20.1 Å². The molecule has 112 valence electrons. The third-order valence-corrected chi connectivity index (χ3v) is 3.87. The van der Waals surface area contributed by atoms with Gasteiger partial charge < -0.3 is 5.32 Å². The lowest BCUT2D eigenvalue weighted by atomic mass is 10.1. The van der Waals surface area contributed by atoms with Gasteiger partial charge in [-0.05, 0) is 31.9 Å². The zero-order valence-electron chi connectivity index (χ0n) is 12.5. The molecule has 0 aliphatic heterocycles. The molecule has 2 aromatic rings. The standard InChI is InChI=1S/C15H20N4OS/c1-4-12-7-5-6-8-13(12)19-10-16-18-15(19)21-9-14(20)17-11(2)3/h5-8,10-11H,4,9H2,1-3H3,(H,17,20). The van der Waals surface area contributed by atoms with Crippen LogP contribution in [0.4, 0.5) is 0 Å². The van der Waals surface area contributed by atoms with Crippen LogP contribution in [0.25, 0.3) is 5.69 Å². The van der Waals surface area contributed by atoms with Gasteiger partial charge >= 0.3 is 0 Å². The van der Waals surface area contributed by atoms with Crippen molar-refractivity contribution in [2.75, 3.05) is 5.75 Å². The first-order chi connectivity index (χ1) is 10.1. The molecule has 0 atom stereocenters. The molecular weight excluding hydrogens is 284 g/mol. The van der Waals surface area contributed by atoms with Crippen LogP contribution < -0.4 is 5.32 Å². The van der Waals surface area contributed by atoms with Gasteiger partial charge in [-0.15, -0.1) is 10.2 Å². The van der Waals surface area contributed by atoms with Gasteiger partial charge in [0.25, 0.3) is 0 Å². The Balaban J connectivity index is 2.14. The molecular formula is C15H20N4OS. The summed E-state index contributed by atoms with van der Waals surface area (Å²) in [6.45, 7) is 6.01. The number of nitrogens with one attached hydrogen (secondary N) is 1. The molecule has 0 saturated heterocycles. The molecule has 0 aliphatic rings. The zero-order valence-corrected chi connectivity index (χ0v) is 13.4. The lowest BCUT2D eigenvalue weighted by Gasteiger charge is -2.11. The van der Waals surface area contributed by atoms with Gasteiger partial charge in [0.2, 0.25) is 5.91 Å². The Morgan fingerprint density at radius 2 is 2.14 bits per heavy atom. The number of hydrogen-bond donors (Lipinski definition) is 1. The molecule has 0 bridgehead atoms. The molecule has 0 saturated carbocycles. The molecule has 5 nitrogen and oxygen atoms in total. The Morgan fingerprint density at radius 3 is 2.86 bits per heavy atom. The van der Waals surface area contributed by atoms with Crippen molar-refractivity contribution >= 4 is 17.7 Å². The molecule has 1 heterocycles. The minimum absolute atomic E-state index is 0.00771. The van der Waals surface area contributed by atoms with E-state index < -0.39 is 0 Å². The van der Waals surface area contributed by atoms with Gasteiger partial charge in [-0.3, -0.25) is 9.36 Å². The number of thioether (sulfide) groups is 1. The second-order valence-corrected chi connectivity index (χ2v) is 5.92. The molecule has 2 rings (SSSR count). The van der Waals surface area contributed by atoms with Gasteiger partial charge in [0, 0.05) is 6.04 Å². The largest absolute Gasteiger partial charge is 0.353 e. The number of carbonyl (C=O) groups excluding carboxylic acids is 1. The lowest BCUT2D eigenvalue weighted by molar-refractivity contribution is -0.119. The molecule has 1 amide bonds. The predicted octanol–water partition coefficient (Wildman–Crippen LogP) is 2.45. The van der Waals surface area contributed by atoms with Crippen LogP contribution in [0.1, 0.15) is 26.3 Å². The minimum Gasteiger partial charge on any atom is -0.353 e. The normalized spacial score (nSPS) is 10.9. The molecule has 1 N–H and O–H groups in total. The SMILES string of the molecule is CCc1ccccc1-n1cnnc1SCC(=O)NC(C)C. The molecule has 6 heteroatoms. The fraction of sp³-hybridized carbons (Fsp3) is 0.400. The highest BCUT2D eigenvalue weighted by Crippen LogP contribution is 2.22. The smallest absolute Gasteiger partial charge is 0.230 e. The summed E-state index contributed by atoms with van der Waals surface area (Å²) in [6.07, 6.45) is 2.63. The maximum atomic E-state index is 11.7. The highest BCUT2D eigenvalue weighted by Gasteiger charge is 2.12. The van der Waals surface area contributed by atoms with Crippen molar-refractivity contribution in [2.45, 2.75) is 38.4 Å². The van der Waals surface area contributed by atoms with Crippen LogP contribution in [-0.4, -0.2) is 32.5 Å². The lowest BCUT2D eigenvalue weighted by Crippen LogP contribution is -2.31. The fourth-order valence-corrected chi connectivity index (χ4v) is 2.76. The van der Waals surface area contributed by atoms with Gasteiger partial charge in [0.1, 0.15) is 6.33 Å². The van der Waals surface area contributed by atoms with Crippen molar-refractivity contribution in [3.8, 4) is 5.69 Å². The predicted molar refractivity (Wildman–Crippen MR) is 84.7 cm³/mol. The summed E-state index contributed by atoms with van der Waals surface area (Å²) in [6, 6.07) is 8.30. The molecule has 1 aromatic heterocycles. The number of benzene rings is 1. The second-order valence-electron chi connectivity index (χ2n) is 4.98. The summed E-state index contributed by atoms with van der Waals surface area (Å²) in [4.78, 5) is 11.7. The highest BCUT2D eigenvalue weighted by molar-refractivity contribution is 7.99. The van der Waals surface area contributed by atoms with E-state index in [0.29, 0.717) is 5.75 Å². The Morgan fingerprint density at radius 1 is 1.38 bits per heavy atom. The van der Waals surface area contributed by atoms with E-state index in [9.17, 15) is 4.79 Å². The first-order valence-electron chi connectivity index (χ1n) is 7.02. The molecule has 0 aliphatic carbocycles. The molecule has 1 aromatic carbocycles. The highest BCUT2D eigenvalue weighted by atomic mass is 32.2. The van der Waals surface area contributed by atoms with Crippen LogP contribution in [0.15, 0.2) is 35.7 Å². The first-order valence-corrected chi connectivity index (χ1v) is 8.00. The number of aryl methyl sites for hydroxylation is 1. The van der Waals surface area contributed by atoms with Crippen LogP contribution in [-0.2, 0) is 11.2 Å². The first kappa shape index (κ1) is 15.6. The average Bonchev–Trinajstić information content (AvgIpc) is 2.92. The monoisotopic (exact) mass is 304 g/mol. The number of hydrogen-bond acceptors (Lipinski definition) is 4. The Kier molecular flexibility index (Phi) is 5.38. The zero-order chi connectivity index (χ0) is 15.2. The van der Waals surface area contributed by atoms with Crippen molar-refractivity contribution < 1.29 is 4.79 Å². The van der Waals surface area contributed by atoms with Crippen LogP contribution in [0.2, 0.25) is 0 Å². The van der Waals surface area contributed by atoms with E-state index in [0.717, 1.165) is 17.3 Å². The Hall–Kier alpha value is -1.82. The van der Waals surface area contributed by atoms with E-state index in [-0.39, 0.29) is 11.9 Å². The summed E-state index contributed by atoms with van der Waals surface area (Å²) in [5.74, 6) is 0.346. The maximum absolute atomic E-state index is 11.7. The summed E-state index contributed by atoms with van der Waals surface area (Å²) in [5, 5.41) is 11.7. The van der Waals surface area contributed by atoms with Gasteiger partial charge in [-0.2, -0.15) is 0 Å². The van der Waals surface area contributed by atoms with E-state index in [1.807, 2.05) is 36.6 Å². The van der Waals surface area contributed by atoms with Crippen LogP contribution >= 0.6 is 11.8 Å². The number of amides is 1. The van der Waals surface area contributed by atoms with Gasteiger partial charge in [-0.25, -0.2) is 0 Å². The third-order valence-electron chi connectivity index (χ3n) is 2.93. The van der Waals surface area contributed by atoms with Gasteiger partial charge in [0.15, 0.2) is 5.16 Å². The Labute approximate surface area is 129 Å². The number of nitrogens with zero attached hydrogens (tertiary/aromatic N) is 3. The van der Waals surface area contributed by atoms with E-state index in [1.54, 1.807) is 6.33 Å². The number of rotatable bonds is 6. The van der Waals surface area contributed by atoms with E-state index in [4.69, 9.17) is 0 Å². The second kappa shape index (κ2) is 7.26. The van der Waals surface area contributed by atoms with E-state index in [1.165, 1.54) is 17.3 Å². The molecule has 0 radical (unpaired) electrons. The number of aromatic nitrogens is 3. The van der Waals surface area contributed by atoms with Crippen molar-refractivity contribution in [3.63, 3.8) is 0 Å². The summed E-state index contributed by atoms with van der Waals surface area (Å²) in [7, 11) is 0. The van der Waals surface area contributed by atoms with Crippen LogP contribution in [0, 0.1) is 0 Å². The van der Waals surface area contributed by atoms with E-state index in [2.05, 4.69) is 28.5 Å². The Bertz CT molecular complexity index is 609. The van der Waals surface area contributed by atoms with Crippen molar-refractivity contribution in [2.24, 2.45) is 0 Å². The van der Waals surface area contributed by atoms with Crippen LogP contribution in [0.3, 0.4) is 0 Å². The summed E-state index contributed by atoms with van der Waals surface area (Å²) in [5.41, 5.74) is 2.29. The fourth-order valence-electron chi connectivity index (χ4n) is 2.03. The summed E-state index contributed by atoms with van der Waals surface area (Å²) >= 11 is 1.40. The van der Waals surface area contributed by atoms with Crippen molar-refractivity contribution in [3.05, 3.63) is 36.2 Å². The topological polar surface area (TPSA) is 59.8 Å². The van der Waals surface area contributed by atoms with Crippen molar-refractivity contribution in [1.29, 1.82) is 0 Å². The molecule has 0 unspecified atom stereocenters. The molecule has 0 spiro atoms. The quantitative estimate of drug-likeness (QED) is 0.833. The number of para-hydroxylation sites is 1. The molecule has 21 heavy (non-hydrogen) atoms. The van der Waals surface area contributed by atoms with Gasteiger partial charge in [0.05, 0.1) is 11.4 Å². The van der Waals surface area contributed by atoms with E-state index >= 15 is 0 Å². The molecule has 0 fully saturated rings. The maximum Gasteiger partial charge on any atom is 0.230 e. The van der Waals surface area contributed by atoms with Crippen LogP contribution in [0.5, 0.6) is 0 Å².